The number of hydrogen-bond donors (Lipinski definition) is 0. The first-order chi connectivity index (χ1) is 28.5. The van der Waals surface area contributed by atoms with Gasteiger partial charge in [-0.25, -0.2) is 4.98 Å². The van der Waals surface area contributed by atoms with Crippen LogP contribution in [0.4, 0.5) is 0 Å². The minimum Gasteiger partial charge on any atom is -0.278 e. The molecule has 272 valence electrons. The van der Waals surface area contributed by atoms with Crippen LogP contribution in [0.15, 0.2) is 182 Å². The molecule has 2 heterocycles. The zero-order chi connectivity index (χ0) is 38.5. The molecule has 0 atom stereocenters. The number of benzene rings is 9. The summed E-state index contributed by atoms with van der Waals surface area (Å²) in [5.74, 6) is 1.85. The summed E-state index contributed by atoms with van der Waals surface area (Å²) in [7, 11) is 0. The molecule has 0 unspecified atom stereocenters. The van der Waals surface area contributed by atoms with Crippen LogP contribution in [0.1, 0.15) is 25.0 Å². The molecule has 0 aliphatic heterocycles. The Morgan fingerprint density at radius 2 is 0.862 bits per heavy atom. The first kappa shape index (κ1) is 32.8. The average Bonchev–Trinajstić information content (AvgIpc) is 3.74. The van der Waals surface area contributed by atoms with E-state index in [9.17, 15) is 0 Å². The standard InChI is InChI=1S/C54H36N4/c1-54(2)47-22-12-10-20-42(47)43-28-24-35(32-48(43)54)34-26-29-50-46(30-34)44-21-11-13-23-49(44)58(50)53-56-51(33-14-4-3-5-15-33)55-52(57-53)36-25-27-41-39-18-7-6-16-37(39)38-17-8-9-19-40(38)45(41)31-36/h3-32H,1-2H3. The highest BCUT2D eigenvalue weighted by Gasteiger charge is 2.35. The molecule has 0 saturated heterocycles. The van der Waals surface area contributed by atoms with Gasteiger partial charge in [0, 0.05) is 27.3 Å². The predicted octanol–water partition coefficient (Wildman–Crippen LogP) is 13.7. The monoisotopic (exact) mass is 740 g/mol. The Hall–Kier alpha value is -7.43. The molecule has 1 aliphatic rings. The lowest BCUT2D eigenvalue weighted by molar-refractivity contribution is 0.660. The second-order valence-electron chi connectivity index (χ2n) is 16.0. The van der Waals surface area contributed by atoms with Gasteiger partial charge in [-0.1, -0.05) is 166 Å². The summed E-state index contributed by atoms with van der Waals surface area (Å²) in [4.78, 5) is 15.7. The van der Waals surface area contributed by atoms with Crippen molar-refractivity contribution < 1.29 is 0 Å². The zero-order valence-electron chi connectivity index (χ0n) is 32.1. The summed E-state index contributed by atoms with van der Waals surface area (Å²) in [5, 5.41) is 9.65. The highest BCUT2D eigenvalue weighted by atomic mass is 15.2. The fourth-order valence-electron chi connectivity index (χ4n) is 9.61. The number of hydrogen-bond acceptors (Lipinski definition) is 3. The maximum absolute atomic E-state index is 5.32. The van der Waals surface area contributed by atoms with E-state index in [4.69, 9.17) is 15.0 Å². The molecule has 0 bridgehead atoms. The van der Waals surface area contributed by atoms with E-state index in [1.807, 2.05) is 18.2 Å². The second-order valence-corrected chi connectivity index (χ2v) is 16.0. The van der Waals surface area contributed by atoms with E-state index in [2.05, 4.69) is 182 Å². The number of para-hydroxylation sites is 1. The summed E-state index contributed by atoms with van der Waals surface area (Å²) in [6.45, 7) is 4.68. The Balaban J connectivity index is 1.06. The average molecular weight is 741 g/mol. The molecule has 0 saturated carbocycles. The van der Waals surface area contributed by atoms with Gasteiger partial charge < -0.3 is 0 Å². The number of aromatic nitrogens is 4. The SMILES string of the molecule is CC1(C)c2ccccc2-c2ccc(-c3ccc4c(c3)c3ccccc3n4-c3nc(-c4ccccc4)nc(-c4ccc5c6ccccc6c6ccccc6c5c4)n3)cc21. The first-order valence-corrected chi connectivity index (χ1v) is 19.9. The van der Waals surface area contributed by atoms with Gasteiger partial charge in [-0.15, -0.1) is 0 Å². The molecule has 4 heteroatoms. The van der Waals surface area contributed by atoms with Crippen molar-refractivity contribution in [1.82, 2.24) is 19.5 Å². The Morgan fingerprint density at radius 1 is 0.345 bits per heavy atom. The second kappa shape index (κ2) is 12.3. The smallest absolute Gasteiger partial charge is 0.238 e. The van der Waals surface area contributed by atoms with Crippen molar-refractivity contribution in [3.05, 3.63) is 193 Å². The summed E-state index contributed by atoms with van der Waals surface area (Å²) in [6.07, 6.45) is 0. The molecular weight excluding hydrogens is 705 g/mol. The van der Waals surface area contributed by atoms with Crippen LogP contribution in [0.2, 0.25) is 0 Å². The van der Waals surface area contributed by atoms with Crippen LogP contribution in [0.5, 0.6) is 0 Å². The van der Waals surface area contributed by atoms with E-state index in [0.717, 1.165) is 32.9 Å². The fourth-order valence-corrected chi connectivity index (χ4v) is 9.61. The van der Waals surface area contributed by atoms with Crippen molar-refractivity contribution in [1.29, 1.82) is 0 Å². The Kier molecular flexibility index (Phi) is 6.94. The van der Waals surface area contributed by atoms with Gasteiger partial charge in [-0.05, 0) is 96.0 Å². The van der Waals surface area contributed by atoms with Crippen molar-refractivity contribution in [2.24, 2.45) is 0 Å². The largest absolute Gasteiger partial charge is 0.278 e. The van der Waals surface area contributed by atoms with E-state index < -0.39 is 0 Å². The van der Waals surface area contributed by atoms with Crippen molar-refractivity contribution in [3.63, 3.8) is 0 Å². The summed E-state index contributed by atoms with van der Waals surface area (Å²) in [6, 6.07) is 65.4. The van der Waals surface area contributed by atoms with Gasteiger partial charge in [0.15, 0.2) is 11.6 Å². The van der Waals surface area contributed by atoms with Crippen LogP contribution in [0.25, 0.3) is 105 Å². The van der Waals surface area contributed by atoms with Crippen LogP contribution in [0.3, 0.4) is 0 Å². The highest BCUT2D eigenvalue weighted by molar-refractivity contribution is 6.25. The van der Waals surface area contributed by atoms with Gasteiger partial charge in [0.2, 0.25) is 5.95 Å². The molecule has 0 fully saturated rings. The lowest BCUT2D eigenvalue weighted by atomic mass is 9.81. The topological polar surface area (TPSA) is 43.6 Å². The van der Waals surface area contributed by atoms with Gasteiger partial charge >= 0.3 is 0 Å². The zero-order valence-corrected chi connectivity index (χ0v) is 32.1. The van der Waals surface area contributed by atoms with Crippen molar-refractivity contribution in [2.45, 2.75) is 19.3 Å². The van der Waals surface area contributed by atoms with Gasteiger partial charge in [0.25, 0.3) is 0 Å². The third-order valence-corrected chi connectivity index (χ3v) is 12.4. The minimum absolute atomic E-state index is 0.0686. The molecule has 11 aromatic rings. The maximum atomic E-state index is 5.32. The van der Waals surface area contributed by atoms with Crippen LogP contribution < -0.4 is 0 Å². The molecule has 1 aliphatic carbocycles. The third kappa shape index (κ3) is 4.78. The van der Waals surface area contributed by atoms with Gasteiger partial charge in [-0.2, -0.15) is 9.97 Å². The number of nitrogens with zero attached hydrogens (tertiary/aromatic N) is 4. The molecule has 12 rings (SSSR count). The summed E-state index contributed by atoms with van der Waals surface area (Å²) >= 11 is 0. The molecule has 0 N–H and O–H groups in total. The molecular formula is C54H36N4. The Bertz CT molecular complexity index is 3450. The van der Waals surface area contributed by atoms with Crippen molar-refractivity contribution >= 4 is 54.1 Å². The lowest BCUT2D eigenvalue weighted by Crippen LogP contribution is -2.14. The summed E-state index contributed by atoms with van der Waals surface area (Å²) < 4.78 is 2.21. The van der Waals surface area contributed by atoms with Crippen molar-refractivity contribution in [3.8, 4) is 51.0 Å². The van der Waals surface area contributed by atoms with Crippen LogP contribution >= 0.6 is 0 Å². The fraction of sp³-hybridized carbons (Fsp3) is 0.0556. The number of fused-ring (bicyclic) bond motifs is 12. The lowest BCUT2D eigenvalue weighted by Gasteiger charge is -2.22. The minimum atomic E-state index is -0.0686. The molecule has 4 nitrogen and oxygen atoms in total. The molecule has 2 aromatic heterocycles. The van der Waals surface area contributed by atoms with E-state index >= 15 is 0 Å². The van der Waals surface area contributed by atoms with E-state index in [1.165, 1.54) is 65.7 Å². The van der Waals surface area contributed by atoms with Crippen molar-refractivity contribution in [2.75, 3.05) is 0 Å². The van der Waals surface area contributed by atoms with E-state index in [0.29, 0.717) is 17.6 Å². The molecule has 58 heavy (non-hydrogen) atoms. The van der Waals surface area contributed by atoms with E-state index in [-0.39, 0.29) is 5.41 Å². The van der Waals surface area contributed by atoms with Gasteiger partial charge in [0.1, 0.15) is 0 Å². The van der Waals surface area contributed by atoms with Crippen LogP contribution in [-0.4, -0.2) is 19.5 Å². The normalized spacial score (nSPS) is 13.1. The van der Waals surface area contributed by atoms with Crippen LogP contribution in [0, 0.1) is 0 Å². The Morgan fingerprint density at radius 3 is 1.62 bits per heavy atom. The predicted molar refractivity (Wildman–Crippen MR) is 241 cm³/mol. The van der Waals surface area contributed by atoms with Crippen LogP contribution in [-0.2, 0) is 5.41 Å². The molecule has 0 spiro atoms. The number of rotatable bonds is 4. The highest BCUT2D eigenvalue weighted by Crippen LogP contribution is 2.50. The first-order valence-electron chi connectivity index (χ1n) is 19.9. The quantitative estimate of drug-likeness (QED) is 0.169. The molecule has 0 amide bonds. The summed E-state index contributed by atoms with van der Waals surface area (Å²) in [5.41, 5.74) is 11.7. The van der Waals surface area contributed by atoms with Gasteiger partial charge in [0.05, 0.1) is 11.0 Å². The molecule has 0 radical (unpaired) electrons. The molecule has 9 aromatic carbocycles. The maximum Gasteiger partial charge on any atom is 0.238 e. The van der Waals surface area contributed by atoms with E-state index in [1.54, 1.807) is 0 Å². The van der Waals surface area contributed by atoms with Gasteiger partial charge in [-0.3, -0.25) is 4.57 Å². The Labute approximate surface area is 335 Å². The third-order valence-electron chi connectivity index (χ3n) is 12.4.